The van der Waals surface area contributed by atoms with Crippen molar-refractivity contribution in [2.24, 2.45) is 0 Å². The van der Waals surface area contributed by atoms with Crippen LogP contribution in [0.4, 0.5) is 18.9 Å². The van der Waals surface area contributed by atoms with Crippen LogP contribution in [0.2, 0.25) is 0 Å². The summed E-state index contributed by atoms with van der Waals surface area (Å²) in [7, 11) is 1.64. The zero-order chi connectivity index (χ0) is 21.2. The molecular formula is C20H20F3NO3S. The minimum absolute atomic E-state index is 0.250. The summed E-state index contributed by atoms with van der Waals surface area (Å²) in [6.07, 6.45) is -4.06. The number of anilines is 1. The van der Waals surface area contributed by atoms with Crippen molar-refractivity contribution in [3.63, 3.8) is 0 Å². The fourth-order valence-corrected chi connectivity index (χ4v) is 3.08. The van der Waals surface area contributed by atoms with Crippen molar-refractivity contribution in [3.8, 4) is 5.75 Å². The summed E-state index contributed by atoms with van der Waals surface area (Å²) in [4.78, 5) is 17.4. The molecule has 2 rings (SSSR count). The van der Waals surface area contributed by atoms with E-state index in [0.717, 1.165) is 39.7 Å². The summed E-state index contributed by atoms with van der Waals surface area (Å²) in [5, 5.41) is 3.09. The van der Waals surface area contributed by atoms with Crippen LogP contribution in [0.1, 0.15) is 11.1 Å². The molecule has 150 valence electrons. The van der Waals surface area contributed by atoms with Crippen LogP contribution in [0.3, 0.4) is 0 Å². The molecule has 0 fully saturated rings. The van der Waals surface area contributed by atoms with Gasteiger partial charge in [0.1, 0.15) is 5.75 Å². The Balaban J connectivity index is 0.00000122. The number of methoxy groups -OCH3 is 1. The van der Waals surface area contributed by atoms with Crippen molar-refractivity contribution in [1.29, 1.82) is 0 Å². The minimum atomic E-state index is -4.31. The molecule has 0 bridgehead atoms. The first-order valence-electron chi connectivity index (χ1n) is 8.05. The standard InChI is InChI=1S/C19H20F3NOS.CO2/c1-13(12-25-17-8-9-18(24-3)14(2)10-17)11-23-16-6-4-15(5-7-16)19(20,21)22;2-1-3/h4-10,23H,1,11-12H2,2-3H3;. The normalized spacial score (nSPS) is 10.3. The largest absolute Gasteiger partial charge is 0.496 e. The Morgan fingerprint density at radius 1 is 1.18 bits per heavy atom. The molecule has 0 amide bonds. The first-order valence-corrected chi connectivity index (χ1v) is 9.04. The van der Waals surface area contributed by atoms with Crippen LogP contribution in [0.15, 0.2) is 59.5 Å². The van der Waals surface area contributed by atoms with Gasteiger partial charge in [0.2, 0.25) is 0 Å². The summed E-state index contributed by atoms with van der Waals surface area (Å²) in [6, 6.07) is 11.0. The second-order valence-corrected chi connectivity index (χ2v) is 6.73. The highest BCUT2D eigenvalue weighted by atomic mass is 32.2. The molecule has 0 saturated carbocycles. The number of hydrogen-bond donors (Lipinski definition) is 1. The van der Waals surface area contributed by atoms with Gasteiger partial charge in [-0.3, -0.25) is 0 Å². The predicted molar refractivity (Wildman–Crippen MR) is 103 cm³/mol. The lowest BCUT2D eigenvalue weighted by Crippen LogP contribution is -2.07. The summed E-state index contributed by atoms with van der Waals surface area (Å²) >= 11 is 1.66. The molecule has 0 aliphatic carbocycles. The van der Waals surface area contributed by atoms with E-state index in [1.54, 1.807) is 18.9 Å². The van der Waals surface area contributed by atoms with Gasteiger partial charge in [0, 0.05) is 22.9 Å². The van der Waals surface area contributed by atoms with Crippen LogP contribution in [-0.4, -0.2) is 25.6 Å². The second-order valence-electron chi connectivity index (χ2n) is 5.68. The number of alkyl halides is 3. The molecule has 0 saturated heterocycles. The lowest BCUT2D eigenvalue weighted by molar-refractivity contribution is -0.191. The third-order valence-corrected chi connectivity index (χ3v) is 4.70. The fourth-order valence-electron chi connectivity index (χ4n) is 2.18. The van der Waals surface area contributed by atoms with E-state index in [2.05, 4.69) is 18.0 Å². The zero-order valence-corrected chi connectivity index (χ0v) is 16.2. The number of hydrogen-bond acceptors (Lipinski definition) is 5. The number of ether oxygens (including phenoxy) is 1. The predicted octanol–water partition coefficient (Wildman–Crippen LogP) is 5.20. The molecule has 1 N–H and O–H groups in total. The molecular weight excluding hydrogens is 391 g/mol. The highest BCUT2D eigenvalue weighted by Gasteiger charge is 2.29. The maximum absolute atomic E-state index is 12.5. The molecule has 2 aromatic carbocycles. The van der Waals surface area contributed by atoms with E-state index >= 15 is 0 Å². The van der Waals surface area contributed by atoms with Gasteiger partial charge in [-0.15, -0.1) is 11.8 Å². The Bertz CT molecular complexity index is 814. The van der Waals surface area contributed by atoms with Gasteiger partial charge < -0.3 is 10.1 Å². The van der Waals surface area contributed by atoms with Crippen molar-refractivity contribution in [2.75, 3.05) is 24.7 Å². The molecule has 2 aromatic rings. The maximum Gasteiger partial charge on any atom is 0.416 e. The van der Waals surface area contributed by atoms with Crippen LogP contribution in [0, 0.1) is 6.92 Å². The summed E-state index contributed by atoms with van der Waals surface area (Å²) in [6.45, 7) is 6.51. The Morgan fingerprint density at radius 3 is 2.29 bits per heavy atom. The Labute approximate surface area is 165 Å². The second kappa shape index (κ2) is 11.2. The molecule has 8 heteroatoms. The number of carbonyl (C=O) groups excluding carboxylic acids is 2. The van der Waals surface area contributed by atoms with Gasteiger partial charge in [0.15, 0.2) is 0 Å². The van der Waals surface area contributed by atoms with Gasteiger partial charge in [-0.1, -0.05) is 6.58 Å². The third kappa shape index (κ3) is 7.90. The molecule has 0 aromatic heterocycles. The van der Waals surface area contributed by atoms with E-state index in [0.29, 0.717) is 12.2 Å². The van der Waals surface area contributed by atoms with Gasteiger partial charge in [-0.25, -0.2) is 0 Å². The van der Waals surface area contributed by atoms with Gasteiger partial charge in [-0.05, 0) is 60.5 Å². The number of thioether (sulfide) groups is 1. The lowest BCUT2D eigenvalue weighted by Gasteiger charge is -2.11. The number of rotatable bonds is 7. The Hall–Kier alpha value is -2.70. The Morgan fingerprint density at radius 2 is 1.79 bits per heavy atom. The molecule has 0 heterocycles. The monoisotopic (exact) mass is 411 g/mol. The van der Waals surface area contributed by atoms with Crippen LogP contribution in [0.5, 0.6) is 5.75 Å². The van der Waals surface area contributed by atoms with E-state index in [-0.39, 0.29) is 6.15 Å². The SMILES string of the molecule is C=C(CNc1ccc(C(F)(F)F)cc1)CSc1ccc(OC)c(C)c1.O=C=O. The first kappa shape index (κ1) is 23.3. The fraction of sp³-hybridized carbons (Fsp3) is 0.250. The highest BCUT2D eigenvalue weighted by molar-refractivity contribution is 7.99. The summed E-state index contributed by atoms with van der Waals surface area (Å²) in [5.74, 6) is 1.58. The lowest BCUT2D eigenvalue weighted by atomic mass is 10.2. The molecule has 0 aliphatic heterocycles. The van der Waals surface area contributed by atoms with Gasteiger partial charge in [0.25, 0.3) is 0 Å². The molecule has 0 radical (unpaired) electrons. The number of benzene rings is 2. The van der Waals surface area contributed by atoms with Crippen LogP contribution >= 0.6 is 11.8 Å². The van der Waals surface area contributed by atoms with Crippen molar-refractivity contribution < 1.29 is 27.5 Å². The number of aryl methyl sites for hydroxylation is 1. The van der Waals surface area contributed by atoms with E-state index in [1.165, 1.54) is 12.1 Å². The van der Waals surface area contributed by atoms with E-state index in [4.69, 9.17) is 14.3 Å². The van der Waals surface area contributed by atoms with E-state index in [1.807, 2.05) is 19.1 Å². The topological polar surface area (TPSA) is 55.4 Å². The maximum atomic E-state index is 12.5. The summed E-state index contributed by atoms with van der Waals surface area (Å²) in [5.41, 5.74) is 2.01. The summed E-state index contributed by atoms with van der Waals surface area (Å²) < 4.78 is 42.8. The van der Waals surface area contributed by atoms with Gasteiger partial charge in [-0.2, -0.15) is 22.8 Å². The zero-order valence-electron chi connectivity index (χ0n) is 15.4. The van der Waals surface area contributed by atoms with Gasteiger partial charge >= 0.3 is 12.3 Å². The van der Waals surface area contributed by atoms with E-state index in [9.17, 15) is 13.2 Å². The molecule has 4 nitrogen and oxygen atoms in total. The van der Waals surface area contributed by atoms with Crippen molar-refractivity contribution >= 4 is 23.6 Å². The van der Waals surface area contributed by atoms with Crippen LogP contribution < -0.4 is 10.1 Å². The molecule has 0 atom stereocenters. The van der Waals surface area contributed by atoms with Gasteiger partial charge in [0.05, 0.1) is 12.7 Å². The first-order chi connectivity index (χ1) is 13.2. The molecule has 0 spiro atoms. The smallest absolute Gasteiger partial charge is 0.416 e. The average molecular weight is 411 g/mol. The van der Waals surface area contributed by atoms with Crippen LogP contribution in [-0.2, 0) is 15.8 Å². The van der Waals surface area contributed by atoms with Crippen molar-refractivity contribution in [3.05, 3.63) is 65.7 Å². The Kier molecular flexibility index (Phi) is 9.35. The molecule has 0 unspecified atom stereocenters. The average Bonchev–Trinajstić information content (AvgIpc) is 2.65. The van der Waals surface area contributed by atoms with Crippen molar-refractivity contribution in [1.82, 2.24) is 0 Å². The van der Waals surface area contributed by atoms with Crippen molar-refractivity contribution in [2.45, 2.75) is 18.0 Å². The minimum Gasteiger partial charge on any atom is -0.496 e. The molecule has 0 aliphatic rings. The van der Waals surface area contributed by atoms with Crippen LogP contribution in [0.25, 0.3) is 0 Å². The number of halogens is 3. The molecule has 28 heavy (non-hydrogen) atoms. The third-order valence-electron chi connectivity index (χ3n) is 3.56. The number of nitrogens with one attached hydrogen (secondary N) is 1. The highest BCUT2D eigenvalue weighted by Crippen LogP contribution is 2.30. The quantitative estimate of drug-likeness (QED) is 0.501. The van der Waals surface area contributed by atoms with E-state index < -0.39 is 11.7 Å².